The van der Waals surface area contributed by atoms with Gasteiger partial charge in [-0.3, -0.25) is 0 Å². The Morgan fingerprint density at radius 3 is 2.55 bits per heavy atom. The van der Waals surface area contributed by atoms with Crippen LogP contribution >= 0.6 is 0 Å². The summed E-state index contributed by atoms with van der Waals surface area (Å²) in [5, 5.41) is 8.77. The van der Waals surface area contributed by atoms with Gasteiger partial charge in [-0.15, -0.1) is 0 Å². The molecule has 0 unspecified atom stereocenters. The molecule has 1 fully saturated rings. The molecule has 1 aliphatic rings. The Hall–Kier alpha value is -3.33. The molecule has 0 amide bonds. The zero-order chi connectivity index (χ0) is 22.2. The lowest BCUT2D eigenvalue weighted by atomic mass is 10.1. The van der Waals surface area contributed by atoms with Crippen molar-refractivity contribution < 1.29 is 13.2 Å². The Balaban J connectivity index is 1.76. The second-order valence-corrected chi connectivity index (χ2v) is 7.59. The van der Waals surface area contributed by atoms with Gasteiger partial charge in [0.25, 0.3) is 0 Å². The summed E-state index contributed by atoms with van der Waals surface area (Å²) in [6.45, 7) is 9.44. The maximum absolute atomic E-state index is 12.7. The van der Waals surface area contributed by atoms with E-state index in [1.54, 1.807) is 29.1 Å². The van der Waals surface area contributed by atoms with Crippen LogP contribution in [0.4, 0.5) is 18.9 Å². The molecule has 31 heavy (non-hydrogen) atoms. The molecule has 3 aromatic rings. The minimum Gasteiger partial charge on any atom is -0.380 e. The van der Waals surface area contributed by atoms with Crippen LogP contribution in [0.1, 0.15) is 11.3 Å². The summed E-state index contributed by atoms with van der Waals surface area (Å²) in [4.78, 5) is 6.69. The van der Waals surface area contributed by atoms with Crippen molar-refractivity contribution in [2.75, 3.05) is 18.0 Å². The van der Waals surface area contributed by atoms with Gasteiger partial charge in [0, 0.05) is 31.0 Å². The van der Waals surface area contributed by atoms with E-state index in [-0.39, 0.29) is 11.6 Å². The SMILES string of the molecule is C=CC(=C)NCc1nn(-c2ccc(CC(F)(F)F)cc2)c2nccc(N3CC(N)C3)c12. The van der Waals surface area contributed by atoms with E-state index in [1.807, 2.05) is 6.07 Å². The molecule has 0 radical (unpaired) electrons. The summed E-state index contributed by atoms with van der Waals surface area (Å²) < 4.78 is 39.7. The third kappa shape index (κ3) is 4.41. The first-order valence-corrected chi connectivity index (χ1v) is 9.83. The molecule has 0 aliphatic carbocycles. The number of alkyl halides is 3. The molecule has 3 heterocycles. The summed E-state index contributed by atoms with van der Waals surface area (Å²) in [5.41, 5.74) is 9.81. The minimum atomic E-state index is -4.25. The molecule has 9 heteroatoms. The van der Waals surface area contributed by atoms with Crippen molar-refractivity contribution in [2.45, 2.75) is 25.2 Å². The summed E-state index contributed by atoms with van der Waals surface area (Å²) >= 11 is 0. The maximum atomic E-state index is 12.7. The van der Waals surface area contributed by atoms with Gasteiger partial charge >= 0.3 is 6.18 Å². The molecule has 6 nitrogen and oxygen atoms in total. The number of nitrogens with two attached hydrogens (primary N) is 1. The van der Waals surface area contributed by atoms with Gasteiger partial charge < -0.3 is 16.0 Å². The smallest absolute Gasteiger partial charge is 0.380 e. The van der Waals surface area contributed by atoms with E-state index in [9.17, 15) is 13.2 Å². The van der Waals surface area contributed by atoms with Crippen LogP contribution in [0.5, 0.6) is 0 Å². The number of rotatable bonds is 7. The fourth-order valence-corrected chi connectivity index (χ4v) is 3.63. The van der Waals surface area contributed by atoms with E-state index in [2.05, 4.69) is 28.4 Å². The average Bonchev–Trinajstić information content (AvgIpc) is 3.08. The molecule has 4 rings (SSSR count). The number of anilines is 1. The van der Waals surface area contributed by atoms with Crippen molar-refractivity contribution in [1.29, 1.82) is 0 Å². The highest BCUT2D eigenvalue weighted by Gasteiger charge is 2.29. The van der Waals surface area contributed by atoms with E-state index in [0.29, 0.717) is 23.6 Å². The zero-order valence-corrected chi connectivity index (χ0v) is 16.9. The monoisotopic (exact) mass is 428 g/mol. The van der Waals surface area contributed by atoms with Gasteiger partial charge in [0.1, 0.15) is 0 Å². The Morgan fingerprint density at radius 2 is 1.94 bits per heavy atom. The molecule has 0 spiro atoms. The van der Waals surface area contributed by atoms with E-state index in [0.717, 1.165) is 29.9 Å². The van der Waals surface area contributed by atoms with Crippen molar-refractivity contribution in [3.63, 3.8) is 0 Å². The number of fused-ring (bicyclic) bond motifs is 1. The molecule has 3 N–H and O–H groups in total. The summed E-state index contributed by atoms with van der Waals surface area (Å²) in [6, 6.07) is 8.24. The topological polar surface area (TPSA) is 72.0 Å². The van der Waals surface area contributed by atoms with Gasteiger partial charge in [-0.2, -0.15) is 18.3 Å². The predicted molar refractivity (Wildman–Crippen MR) is 115 cm³/mol. The van der Waals surface area contributed by atoms with Crippen LogP contribution in [0.25, 0.3) is 16.7 Å². The number of nitrogens with zero attached hydrogens (tertiary/aromatic N) is 4. The highest BCUT2D eigenvalue weighted by atomic mass is 19.4. The lowest BCUT2D eigenvalue weighted by Gasteiger charge is -2.39. The van der Waals surface area contributed by atoms with Crippen molar-refractivity contribution >= 4 is 16.7 Å². The number of benzene rings is 1. The fraction of sp³-hybridized carbons (Fsp3) is 0.273. The Morgan fingerprint density at radius 1 is 1.23 bits per heavy atom. The van der Waals surface area contributed by atoms with Crippen molar-refractivity contribution in [3.8, 4) is 5.69 Å². The highest BCUT2D eigenvalue weighted by Crippen LogP contribution is 2.32. The van der Waals surface area contributed by atoms with Crippen LogP contribution in [0.15, 0.2) is 61.5 Å². The van der Waals surface area contributed by atoms with Crippen molar-refractivity contribution in [2.24, 2.45) is 5.73 Å². The Kier molecular flexibility index (Phi) is 5.45. The average molecular weight is 428 g/mol. The second-order valence-electron chi connectivity index (χ2n) is 7.59. The quantitative estimate of drug-likeness (QED) is 0.564. The molecule has 1 aliphatic heterocycles. The van der Waals surface area contributed by atoms with Crippen molar-refractivity contribution in [3.05, 3.63) is 72.7 Å². The molecule has 0 saturated carbocycles. The van der Waals surface area contributed by atoms with Gasteiger partial charge in [-0.1, -0.05) is 25.3 Å². The molecule has 1 saturated heterocycles. The first kappa shape index (κ1) is 20.9. The zero-order valence-electron chi connectivity index (χ0n) is 16.9. The van der Waals surface area contributed by atoms with E-state index in [4.69, 9.17) is 10.8 Å². The molecular formula is C22H23F3N6. The van der Waals surface area contributed by atoms with Crippen LogP contribution < -0.4 is 16.0 Å². The van der Waals surface area contributed by atoms with Gasteiger partial charge in [-0.05, 0) is 29.8 Å². The molecule has 2 aromatic heterocycles. The van der Waals surface area contributed by atoms with Crippen LogP contribution in [-0.2, 0) is 13.0 Å². The predicted octanol–water partition coefficient (Wildman–Crippen LogP) is 3.46. The molecule has 0 bridgehead atoms. The number of aromatic nitrogens is 3. The maximum Gasteiger partial charge on any atom is 0.393 e. The number of allylic oxidation sites excluding steroid dienone is 1. The highest BCUT2D eigenvalue weighted by molar-refractivity contribution is 5.93. The van der Waals surface area contributed by atoms with Crippen LogP contribution in [0.3, 0.4) is 0 Å². The lowest BCUT2D eigenvalue weighted by molar-refractivity contribution is -0.127. The van der Waals surface area contributed by atoms with Crippen LogP contribution in [0.2, 0.25) is 0 Å². The standard InChI is InChI=1S/C22H23F3N6/c1-3-14(2)28-11-18-20-19(30-12-16(26)13-30)8-9-27-21(20)31(29-18)17-6-4-15(5-7-17)10-22(23,24)25/h3-9,16,28H,1-2,10-13,26H2. The summed E-state index contributed by atoms with van der Waals surface area (Å²) in [7, 11) is 0. The first-order chi connectivity index (χ1) is 14.7. The first-order valence-electron chi connectivity index (χ1n) is 9.83. The number of nitrogens with one attached hydrogen (secondary N) is 1. The number of hydrogen-bond donors (Lipinski definition) is 2. The molecular weight excluding hydrogens is 405 g/mol. The molecule has 1 aromatic carbocycles. The second kappa shape index (κ2) is 8.07. The van der Waals surface area contributed by atoms with E-state index in [1.165, 1.54) is 12.1 Å². The van der Waals surface area contributed by atoms with Gasteiger partial charge in [-0.25, -0.2) is 9.67 Å². The lowest BCUT2D eigenvalue weighted by Crippen LogP contribution is -2.55. The summed E-state index contributed by atoms with van der Waals surface area (Å²) in [6.07, 6.45) is -1.89. The molecule has 0 atom stereocenters. The Bertz CT molecular complexity index is 1110. The van der Waals surface area contributed by atoms with Crippen LogP contribution in [0, 0.1) is 0 Å². The van der Waals surface area contributed by atoms with E-state index >= 15 is 0 Å². The third-order valence-electron chi connectivity index (χ3n) is 5.18. The minimum absolute atomic E-state index is 0.126. The van der Waals surface area contributed by atoms with Gasteiger partial charge in [0.2, 0.25) is 0 Å². The largest absolute Gasteiger partial charge is 0.393 e. The number of pyridine rings is 1. The summed E-state index contributed by atoms with van der Waals surface area (Å²) in [5.74, 6) is 0. The van der Waals surface area contributed by atoms with Crippen molar-refractivity contribution in [1.82, 2.24) is 20.1 Å². The normalized spacial score (nSPS) is 14.5. The van der Waals surface area contributed by atoms with Gasteiger partial charge in [0.15, 0.2) is 5.65 Å². The Labute approximate surface area is 177 Å². The van der Waals surface area contributed by atoms with Gasteiger partial charge in [0.05, 0.1) is 35.4 Å². The number of hydrogen-bond acceptors (Lipinski definition) is 5. The van der Waals surface area contributed by atoms with E-state index < -0.39 is 12.6 Å². The molecule has 162 valence electrons. The van der Waals surface area contributed by atoms with Crippen LogP contribution in [-0.4, -0.2) is 40.1 Å². The fourth-order valence-electron chi connectivity index (χ4n) is 3.63. The third-order valence-corrected chi connectivity index (χ3v) is 5.18. The number of halogens is 3.